The van der Waals surface area contributed by atoms with Gasteiger partial charge in [-0.3, -0.25) is 14.4 Å². The number of carbonyl (C=O) groups excluding carboxylic acids is 3. The molecule has 0 aromatic carbocycles. The van der Waals surface area contributed by atoms with Crippen LogP contribution < -0.4 is 0 Å². The topological polar surface area (TPSA) is 78.9 Å². The van der Waals surface area contributed by atoms with Gasteiger partial charge < -0.3 is 14.2 Å². The number of hydrogen-bond donors (Lipinski definition) is 0. The molecule has 0 amide bonds. The maximum Gasteiger partial charge on any atom is 0.306 e. The van der Waals surface area contributed by atoms with E-state index in [4.69, 9.17) is 14.2 Å². The minimum Gasteiger partial charge on any atom is -0.462 e. The van der Waals surface area contributed by atoms with Crippen LogP contribution in [0.15, 0.2) is 122 Å². The number of unbranched alkanes of at least 4 members (excludes halogenated alkanes) is 23. The second kappa shape index (κ2) is 61.4. The Bertz CT molecular complexity index is 1550. The molecule has 1 unspecified atom stereocenters. The number of esters is 3. The summed E-state index contributed by atoms with van der Waals surface area (Å²) in [5, 5.41) is 0. The van der Waals surface area contributed by atoms with Crippen LogP contribution >= 0.6 is 0 Å². The van der Waals surface area contributed by atoms with E-state index in [1.807, 2.05) is 0 Å². The van der Waals surface area contributed by atoms with Crippen LogP contribution in [-0.2, 0) is 28.6 Å². The molecule has 0 fully saturated rings. The summed E-state index contributed by atoms with van der Waals surface area (Å²) in [5.41, 5.74) is 0. The van der Waals surface area contributed by atoms with Crippen LogP contribution in [0.4, 0.5) is 0 Å². The Morgan fingerprint density at radius 1 is 0.284 bits per heavy atom. The molecule has 0 aliphatic rings. The van der Waals surface area contributed by atoms with Gasteiger partial charge in [-0.1, -0.05) is 245 Å². The molecule has 0 heterocycles. The van der Waals surface area contributed by atoms with Gasteiger partial charge in [0.1, 0.15) is 13.2 Å². The molecule has 0 saturated heterocycles. The second-order valence-electron chi connectivity index (χ2n) is 19.9. The highest BCUT2D eigenvalue weighted by Gasteiger charge is 2.19. The van der Waals surface area contributed by atoms with Crippen molar-refractivity contribution < 1.29 is 28.6 Å². The number of ether oxygens (including phenoxy) is 3. The van der Waals surface area contributed by atoms with Crippen molar-refractivity contribution in [1.82, 2.24) is 0 Å². The van der Waals surface area contributed by atoms with Crippen molar-refractivity contribution in [3.05, 3.63) is 122 Å². The fourth-order valence-corrected chi connectivity index (χ4v) is 8.08. The van der Waals surface area contributed by atoms with E-state index in [0.717, 1.165) is 148 Å². The van der Waals surface area contributed by atoms with E-state index >= 15 is 0 Å². The normalized spacial score (nSPS) is 13.0. The number of allylic oxidation sites excluding steroid dienone is 20. The zero-order valence-electron chi connectivity index (χ0n) is 48.1. The summed E-state index contributed by atoms with van der Waals surface area (Å²) in [4.78, 5) is 38.1. The van der Waals surface area contributed by atoms with Gasteiger partial charge in [-0.25, -0.2) is 0 Å². The van der Waals surface area contributed by atoms with E-state index in [2.05, 4.69) is 142 Å². The van der Waals surface area contributed by atoms with Gasteiger partial charge >= 0.3 is 17.9 Å². The molecule has 0 rings (SSSR count). The van der Waals surface area contributed by atoms with Crippen LogP contribution in [0, 0.1) is 0 Å². The molecule has 0 aromatic rings. The summed E-state index contributed by atoms with van der Waals surface area (Å²) < 4.78 is 16.8. The van der Waals surface area contributed by atoms with Gasteiger partial charge in [-0.05, 0) is 128 Å². The van der Waals surface area contributed by atoms with E-state index in [1.54, 1.807) is 0 Å². The lowest BCUT2D eigenvalue weighted by atomic mass is 10.1. The summed E-state index contributed by atoms with van der Waals surface area (Å²) in [6.45, 7) is 6.45. The van der Waals surface area contributed by atoms with Crippen LogP contribution in [0.1, 0.15) is 271 Å². The number of carbonyl (C=O) groups is 3. The molecule has 0 aromatic heterocycles. The van der Waals surface area contributed by atoms with Crippen LogP contribution in [0.3, 0.4) is 0 Å². The largest absolute Gasteiger partial charge is 0.462 e. The van der Waals surface area contributed by atoms with Crippen molar-refractivity contribution in [2.45, 2.75) is 277 Å². The molecule has 420 valence electrons. The summed E-state index contributed by atoms with van der Waals surface area (Å²) >= 11 is 0. The van der Waals surface area contributed by atoms with E-state index in [1.165, 1.54) is 83.5 Å². The van der Waals surface area contributed by atoms with Crippen LogP contribution in [-0.4, -0.2) is 37.2 Å². The van der Waals surface area contributed by atoms with Crippen LogP contribution in [0.5, 0.6) is 0 Å². The van der Waals surface area contributed by atoms with Gasteiger partial charge in [-0.2, -0.15) is 0 Å². The minimum absolute atomic E-state index is 0.0918. The first-order valence-electron chi connectivity index (χ1n) is 30.5. The van der Waals surface area contributed by atoms with Crippen molar-refractivity contribution in [3.8, 4) is 0 Å². The van der Waals surface area contributed by atoms with E-state index in [9.17, 15) is 14.4 Å². The van der Waals surface area contributed by atoms with Crippen molar-refractivity contribution in [2.75, 3.05) is 13.2 Å². The van der Waals surface area contributed by atoms with Crippen molar-refractivity contribution in [2.24, 2.45) is 0 Å². The predicted octanol–water partition coefficient (Wildman–Crippen LogP) is 20.8. The Balaban J connectivity index is 4.29. The lowest BCUT2D eigenvalue weighted by molar-refractivity contribution is -0.167. The molecular weight excluding hydrogens is 913 g/mol. The molecule has 74 heavy (non-hydrogen) atoms. The molecule has 0 aliphatic carbocycles. The maximum atomic E-state index is 12.8. The minimum atomic E-state index is -0.794. The average molecular weight is 1030 g/mol. The lowest BCUT2D eigenvalue weighted by Crippen LogP contribution is -2.30. The summed E-state index contributed by atoms with van der Waals surface area (Å²) in [5.74, 6) is -0.925. The Kier molecular flexibility index (Phi) is 57.9. The molecule has 1 atom stereocenters. The Morgan fingerprint density at radius 3 is 0.878 bits per heavy atom. The molecule has 0 bridgehead atoms. The monoisotopic (exact) mass is 1020 g/mol. The first-order valence-corrected chi connectivity index (χ1v) is 30.5. The molecule has 0 radical (unpaired) electrons. The Labute approximate surface area is 456 Å². The molecule has 0 saturated carbocycles. The van der Waals surface area contributed by atoms with E-state index in [-0.39, 0.29) is 31.1 Å². The second-order valence-corrected chi connectivity index (χ2v) is 19.9. The summed E-state index contributed by atoms with van der Waals surface area (Å²) in [7, 11) is 0. The molecule has 6 heteroatoms. The third-order valence-electron chi connectivity index (χ3n) is 12.7. The third kappa shape index (κ3) is 58.7. The van der Waals surface area contributed by atoms with Crippen molar-refractivity contribution >= 4 is 17.9 Å². The predicted molar refractivity (Wildman–Crippen MR) is 320 cm³/mol. The van der Waals surface area contributed by atoms with Crippen molar-refractivity contribution in [3.63, 3.8) is 0 Å². The fourth-order valence-electron chi connectivity index (χ4n) is 8.08. The third-order valence-corrected chi connectivity index (χ3v) is 12.7. The van der Waals surface area contributed by atoms with Gasteiger partial charge in [-0.15, -0.1) is 0 Å². The van der Waals surface area contributed by atoms with Gasteiger partial charge in [0.05, 0.1) is 0 Å². The molecular formula is C68H112O6. The Hall–Kier alpha value is -4.19. The van der Waals surface area contributed by atoms with E-state index < -0.39 is 6.10 Å². The van der Waals surface area contributed by atoms with Crippen LogP contribution in [0.2, 0.25) is 0 Å². The molecule has 6 nitrogen and oxygen atoms in total. The first kappa shape index (κ1) is 69.8. The van der Waals surface area contributed by atoms with Gasteiger partial charge in [0.2, 0.25) is 0 Å². The van der Waals surface area contributed by atoms with Crippen molar-refractivity contribution in [1.29, 1.82) is 0 Å². The fraction of sp³-hybridized carbons (Fsp3) is 0.662. The smallest absolute Gasteiger partial charge is 0.306 e. The summed E-state index contributed by atoms with van der Waals surface area (Å²) in [6, 6.07) is 0. The van der Waals surface area contributed by atoms with Crippen LogP contribution in [0.25, 0.3) is 0 Å². The SMILES string of the molecule is CC/C=C\C/C=C\C/C=C\C/C=C\C/C=C\C/C=C\C/C=C\C/C=C\CCCCCCCCC(=O)OCC(COC(=O)CCCCCCC/C=C\CCCC)OC(=O)CCCCCCC/C=C\CCCCCCC. The Morgan fingerprint density at radius 2 is 0.541 bits per heavy atom. The zero-order valence-corrected chi connectivity index (χ0v) is 48.1. The highest BCUT2D eigenvalue weighted by Crippen LogP contribution is 2.14. The molecule has 0 spiro atoms. The first-order chi connectivity index (χ1) is 36.5. The summed E-state index contributed by atoms with van der Waals surface area (Å²) in [6.07, 6.45) is 84.9. The quantitative estimate of drug-likeness (QED) is 0.0261. The van der Waals surface area contributed by atoms with Gasteiger partial charge in [0.25, 0.3) is 0 Å². The zero-order chi connectivity index (χ0) is 53.6. The average Bonchev–Trinajstić information content (AvgIpc) is 3.40. The number of rotatable bonds is 54. The van der Waals surface area contributed by atoms with Gasteiger partial charge in [0, 0.05) is 19.3 Å². The molecule has 0 aliphatic heterocycles. The maximum absolute atomic E-state index is 12.8. The number of hydrogen-bond acceptors (Lipinski definition) is 6. The highest BCUT2D eigenvalue weighted by atomic mass is 16.6. The lowest BCUT2D eigenvalue weighted by Gasteiger charge is -2.18. The van der Waals surface area contributed by atoms with E-state index in [0.29, 0.717) is 19.3 Å². The molecule has 0 N–H and O–H groups in total. The van der Waals surface area contributed by atoms with Gasteiger partial charge in [0.15, 0.2) is 6.10 Å². The highest BCUT2D eigenvalue weighted by molar-refractivity contribution is 5.71. The standard InChI is InChI=1S/C68H112O6/c1-4-7-10-13-16-19-22-24-26-27-28-29-30-31-32-33-34-35-36-37-38-39-40-41-42-44-46-49-52-55-58-61-67(70)73-64-65(63-72-66(69)60-57-54-51-48-45-21-18-15-12-9-6-3)74-68(71)62-59-56-53-50-47-43-25-23-20-17-14-11-8-5-2/h7,10,15-16,18-19,23-26,28-29,31-32,34-35,37-38,40-41,65H,4-6,8-9,11-14,17,20-22,27,30,33,36,39,42-64H2,1-3H3/b10-7-,18-15-,19-16-,25-23-,26-24-,29-28-,32-31-,35-34-,38-37-,41-40-.